The van der Waals surface area contributed by atoms with Gasteiger partial charge in [0.15, 0.2) is 0 Å². The molecular formula is C16H27N3O. The Hall–Kier alpha value is -1.50. The molecule has 0 atom stereocenters. The summed E-state index contributed by atoms with van der Waals surface area (Å²) in [5, 5.41) is 12.2. The molecule has 1 amide bonds. The molecule has 1 aliphatic carbocycles. The van der Waals surface area contributed by atoms with E-state index >= 15 is 0 Å². The van der Waals surface area contributed by atoms with E-state index in [1.807, 2.05) is 13.1 Å². The smallest absolute Gasteiger partial charge is 0.265 e. The Morgan fingerprint density at radius 1 is 1.35 bits per heavy atom. The van der Waals surface area contributed by atoms with Crippen LogP contribution in [-0.2, 0) is 4.79 Å². The molecular weight excluding hydrogens is 250 g/mol. The number of carbonyl (C=O) groups is 1. The summed E-state index contributed by atoms with van der Waals surface area (Å²) >= 11 is 0. The minimum Gasteiger partial charge on any atom is -0.390 e. The number of unbranched alkanes of at least 4 members (excludes halogenated alkanes) is 2. The summed E-state index contributed by atoms with van der Waals surface area (Å²) in [6.45, 7) is 2.97. The zero-order valence-electron chi connectivity index (χ0n) is 12.8. The van der Waals surface area contributed by atoms with E-state index < -0.39 is 0 Å². The van der Waals surface area contributed by atoms with Crippen molar-refractivity contribution in [3.05, 3.63) is 11.8 Å². The highest BCUT2D eigenvalue weighted by atomic mass is 16.2. The molecule has 0 bridgehead atoms. The van der Waals surface area contributed by atoms with Gasteiger partial charge in [0.25, 0.3) is 5.91 Å². The molecule has 1 fully saturated rings. The lowest BCUT2D eigenvalue weighted by atomic mass is 9.94. The van der Waals surface area contributed by atoms with Crippen molar-refractivity contribution in [2.45, 2.75) is 64.3 Å². The molecule has 0 aromatic rings. The SMILES string of the molecule is CCCCCN/C=C(/C#N)C(=O)N(C)C1CCCCC1. The number of likely N-dealkylation sites (N-methyl/N-ethyl adjacent to an activating group) is 1. The highest BCUT2D eigenvalue weighted by molar-refractivity contribution is 5.97. The summed E-state index contributed by atoms with van der Waals surface area (Å²) < 4.78 is 0. The fourth-order valence-corrected chi connectivity index (χ4v) is 2.62. The van der Waals surface area contributed by atoms with Crippen molar-refractivity contribution in [3.63, 3.8) is 0 Å². The third-order valence-electron chi connectivity index (χ3n) is 3.96. The number of hydrogen-bond donors (Lipinski definition) is 1. The summed E-state index contributed by atoms with van der Waals surface area (Å²) in [7, 11) is 1.82. The Labute approximate surface area is 122 Å². The monoisotopic (exact) mass is 277 g/mol. The molecule has 0 aromatic heterocycles. The second-order valence-electron chi connectivity index (χ2n) is 5.54. The maximum absolute atomic E-state index is 12.3. The van der Waals surface area contributed by atoms with Crippen LogP contribution in [0.3, 0.4) is 0 Å². The van der Waals surface area contributed by atoms with Crippen LogP contribution >= 0.6 is 0 Å². The van der Waals surface area contributed by atoms with Gasteiger partial charge in [-0.05, 0) is 19.3 Å². The summed E-state index contributed by atoms with van der Waals surface area (Å²) in [5.74, 6) is -0.151. The Balaban J connectivity index is 2.48. The molecule has 4 heteroatoms. The van der Waals surface area contributed by atoms with Crippen molar-refractivity contribution in [1.29, 1.82) is 5.26 Å². The van der Waals surface area contributed by atoms with Gasteiger partial charge >= 0.3 is 0 Å². The van der Waals surface area contributed by atoms with Crippen molar-refractivity contribution >= 4 is 5.91 Å². The summed E-state index contributed by atoms with van der Waals surface area (Å²) in [6, 6.07) is 2.32. The van der Waals surface area contributed by atoms with Crippen LogP contribution in [0, 0.1) is 11.3 Å². The highest BCUT2D eigenvalue weighted by Gasteiger charge is 2.24. The molecule has 0 unspecified atom stereocenters. The Morgan fingerprint density at radius 2 is 2.05 bits per heavy atom. The van der Waals surface area contributed by atoms with Gasteiger partial charge in [0.05, 0.1) is 0 Å². The second kappa shape index (κ2) is 9.41. The van der Waals surface area contributed by atoms with Crippen LogP contribution in [0.2, 0.25) is 0 Å². The molecule has 4 nitrogen and oxygen atoms in total. The van der Waals surface area contributed by atoms with E-state index in [1.54, 1.807) is 11.1 Å². The fraction of sp³-hybridized carbons (Fsp3) is 0.750. The van der Waals surface area contributed by atoms with E-state index in [2.05, 4.69) is 12.2 Å². The summed E-state index contributed by atoms with van der Waals surface area (Å²) in [6.07, 6.45) is 10.7. The van der Waals surface area contributed by atoms with Crippen LogP contribution in [0.1, 0.15) is 58.3 Å². The number of nitriles is 1. The number of hydrogen-bond acceptors (Lipinski definition) is 3. The second-order valence-corrected chi connectivity index (χ2v) is 5.54. The van der Waals surface area contributed by atoms with Crippen molar-refractivity contribution in [1.82, 2.24) is 10.2 Å². The highest BCUT2D eigenvalue weighted by Crippen LogP contribution is 2.22. The number of nitrogens with zero attached hydrogens (tertiary/aromatic N) is 2. The third-order valence-corrected chi connectivity index (χ3v) is 3.96. The number of rotatable bonds is 7. The quantitative estimate of drug-likeness (QED) is 0.442. The lowest BCUT2D eigenvalue weighted by Gasteiger charge is -2.31. The van der Waals surface area contributed by atoms with Crippen LogP contribution in [-0.4, -0.2) is 30.4 Å². The first-order valence-electron chi connectivity index (χ1n) is 7.81. The largest absolute Gasteiger partial charge is 0.390 e. The van der Waals surface area contributed by atoms with Gasteiger partial charge in [-0.15, -0.1) is 0 Å². The van der Waals surface area contributed by atoms with Gasteiger partial charge in [-0.25, -0.2) is 0 Å². The van der Waals surface area contributed by atoms with Crippen molar-refractivity contribution < 1.29 is 4.79 Å². The van der Waals surface area contributed by atoms with Gasteiger partial charge in [-0.3, -0.25) is 4.79 Å². The molecule has 0 heterocycles. The average molecular weight is 277 g/mol. The van der Waals surface area contributed by atoms with Crippen LogP contribution in [0.15, 0.2) is 11.8 Å². The molecule has 20 heavy (non-hydrogen) atoms. The first-order valence-corrected chi connectivity index (χ1v) is 7.81. The van der Waals surface area contributed by atoms with Crippen LogP contribution in [0.25, 0.3) is 0 Å². The maximum Gasteiger partial charge on any atom is 0.265 e. The Kier molecular flexibility index (Phi) is 7.79. The normalized spacial score (nSPS) is 16.6. The van der Waals surface area contributed by atoms with Gasteiger partial charge < -0.3 is 10.2 Å². The summed E-state index contributed by atoms with van der Waals surface area (Å²) in [5.41, 5.74) is 0.217. The van der Waals surface area contributed by atoms with Crippen LogP contribution < -0.4 is 5.32 Å². The number of carbonyl (C=O) groups excluding carboxylic acids is 1. The van der Waals surface area contributed by atoms with Crippen LogP contribution in [0.4, 0.5) is 0 Å². The minimum absolute atomic E-state index is 0.151. The molecule has 0 saturated heterocycles. The van der Waals surface area contributed by atoms with Crippen molar-refractivity contribution in [2.24, 2.45) is 0 Å². The fourth-order valence-electron chi connectivity index (χ4n) is 2.62. The van der Waals surface area contributed by atoms with Gasteiger partial charge in [-0.1, -0.05) is 39.0 Å². The number of nitrogens with one attached hydrogen (secondary N) is 1. The van der Waals surface area contributed by atoms with E-state index in [4.69, 9.17) is 5.26 Å². The van der Waals surface area contributed by atoms with E-state index in [0.717, 1.165) is 25.8 Å². The Morgan fingerprint density at radius 3 is 2.65 bits per heavy atom. The zero-order chi connectivity index (χ0) is 14.8. The van der Waals surface area contributed by atoms with Gasteiger partial charge in [-0.2, -0.15) is 5.26 Å². The standard InChI is InChI=1S/C16H27N3O/c1-3-4-8-11-18-13-14(12-17)16(20)19(2)15-9-6-5-7-10-15/h13,15,18H,3-11H2,1-2H3/b14-13-. The lowest BCUT2D eigenvalue weighted by Crippen LogP contribution is -2.39. The van der Waals surface area contributed by atoms with E-state index in [9.17, 15) is 4.79 Å². The van der Waals surface area contributed by atoms with Crippen LogP contribution in [0.5, 0.6) is 0 Å². The van der Waals surface area contributed by atoms with E-state index in [1.165, 1.54) is 32.1 Å². The van der Waals surface area contributed by atoms with Gasteiger partial charge in [0.1, 0.15) is 11.6 Å². The maximum atomic E-state index is 12.3. The number of amides is 1. The molecule has 1 N–H and O–H groups in total. The third kappa shape index (κ3) is 5.24. The molecule has 0 spiro atoms. The zero-order valence-corrected chi connectivity index (χ0v) is 12.8. The molecule has 1 saturated carbocycles. The predicted molar refractivity (Wildman–Crippen MR) is 80.9 cm³/mol. The molecule has 1 aliphatic rings. The summed E-state index contributed by atoms with van der Waals surface area (Å²) in [4.78, 5) is 14.0. The average Bonchev–Trinajstić information content (AvgIpc) is 2.50. The van der Waals surface area contributed by atoms with Crippen molar-refractivity contribution in [3.8, 4) is 6.07 Å². The van der Waals surface area contributed by atoms with E-state index in [0.29, 0.717) is 6.04 Å². The molecule has 0 aromatic carbocycles. The topological polar surface area (TPSA) is 56.1 Å². The van der Waals surface area contributed by atoms with Gasteiger partial charge in [0.2, 0.25) is 0 Å². The molecule has 1 rings (SSSR count). The lowest BCUT2D eigenvalue weighted by molar-refractivity contribution is -0.128. The minimum atomic E-state index is -0.151. The molecule has 0 radical (unpaired) electrons. The molecule has 0 aliphatic heterocycles. The predicted octanol–water partition coefficient (Wildman–Crippen LogP) is 2.96. The van der Waals surface area contributed by atoms with E-state index in [-0.39, 0.29) is 11.5 Å². The van der Waals surface area contributed by atoms with Crippen molar-refractivity contribution in [2.75, 3.05) is 13.6 Å². The Bertz CT molecular complexity index is 364. The first-order chi connectivity index (χ1) is 9.70. The molecule has 112 valence electrons. The first kappa shape index (κ1) is 16.6. The van der Waals surface area contributed by atoms with Gasteiger partial charge in [0, 0.05) is 25.8 Å².